The molecule has 0 aliphatic rings. The summed E-state index contributed by atoms with van der Waals surface area (Å²) in [7, 11) is 0. The predicted molar refractivity (Wildman–Crippen MR) is 78.5 cm³/mol. The summed E-state index contributed by atoms with van der Waals surface area (Å²) < 4.78 is 7.66. The maximum absolute atomic E-state index is 5.93. The topological polar surface area (TPSA) is 66.0 Å². The molecule has 20 heavy (non-hydrogen) atoms. The van der Waals surface area contributed by atoms with Gasteiger partial charge in [-0.15, -0.1) is 0 Å². The highest BCUT2D eigenvalue weighted by atomic mass is 16.5. The van der Waals surface area contributed by atoms with E-state index in [0.29, 0.717) is 12.6 Å². The fraction of sp³-hybridized carbons (Fsp3) is 0.200. The molecule has 1 aromatic carbocycles. The number of nitrogen functional groups attached to an aromatic ring is 1. The van der Waals surface area contributed by atoms with Crippen LogP contribution in [0.4, 0.5) is 5.95 Å². The molecule has 0 amide bonds. The van der Waals surface area contributed by atoms with Crippen molar-refractivity contribution >= 4 is 17.0 Å². The molecule has 0 aliphatic heterocycles. The van der Waals surface area contributed by atoms with Crippen LogP contribution >= 0.6 is 0 Å². The van der Waals surface area contributed by atoms with E-state index in [0.717, 1.165) is 29.7 Å². The lowest BCUT2D eigenvalue weighted by Crippen LogP contribution is -2.07. The summed E-state index contributed by atoms with van der Waals surface area (Å²) in [6.45, 7) is 1.42. The van der Waals surface area contributed by atoms with Gasteiger partial charge >= 0.3 is 0 Å². The number of rotatable bonds is 5. The van der Waals surface area contributed by atoms with Gasteiger partial charge in [-0.05, 0) is 24.6 Å². The van der Waals surface area contributed by atoms with Gasteiger partial charge < -0.3 is 15.0 Å². The minimum absolute atomic E-state index is 0.521. The van der Waals surface area contributed by atoms with Gasteiger partial charge in [-0.2, -0.15) is 0 Å². The number of hydrogen-bond donors (Lipinski definition) is 1. The molecule has 0 aliphatic carbocycles. The van der Waals surface area contributed by atoms with Crippen LogP contribution in [0.15, 0.2) is 48.8 Å². The molecule has 0 saturated carbocycles. The second kappa shape index (κ2) is 5.61. The van der Waals surface area contributed by atoms with Crippen LogP contribution in [0.25, 0.3) is 11.0 Å². The number of aromatic nitrogens is 3. The van der Waals surface area contributed by atoms with E-state index in [1.165, 1.54) is 0 Å². The predicted octanol–water partition coefficient (Wildman–Crippen LogP) is 2.48. The maximum Gasteiger partial charge on any atom is 0.201 e. The van der Waals surface area contributed by atoms with Crippen LogP contribution in [0.5, 0.6) is 5.75 Å². The van der Waals surface area contributed by atoms with Crippen molar-refractivity contribution in [1.29, 1.82) is 0 Å². The standard InChI is InChI=1S/C15H16N4O/c16-15-18-13-11-17-8-7-14(13)19(15)9-4-10-20-12-5-2-1-3-6-12/h1-3,5-8,11H,4,9-10H2,(H2,16,18). The van der Waals surface area contributed by atoms with Crippen molar-refractivity contribution in [2.45, 2.75) is 13.0 Å². The summed E-state index contributed by atoms with van der Waals surface area (Å²) in [5.74, 6) is 1.41. The monoisotopic (exact) mass is 268 g/mol. The van der Waals surface area contributed by atoms with E-state index in [9.17, 15) is 0 Å². The Balaban J connectivity index is 1.61. The van der Waals surface area contributed by atoms with Crippen molar-refractivity contribution < 1.29 is 4.74 Å². The van der Waals surface area contributed by atoms with E-state index in [1.807, 2.05) is 41.0 Å². The van der Waals surface area contributed by atoms with Gasteiger partial charge in [0.25, 0.3) is 0 Å². The molecule has 0 fully saturated rings. The number of hydrogen-bond acceptors (Lipinski definition) is 4. The highest BCUT2D eigenvalue weighted by Gasteiger charge is 2.07. The summed E-state index contributed by atoms with van der Waals surface area (Å²) in [4.78, 5) is 8.33. The average molecular weight is 268 g/mol. The van der Waals surface area contributed by atoms with Crippen LogP contribution in [0, 0.1) is 0 Å². The molecular weight excluding hydrogens is 252 g/mol. The molecule has 0 saturated heterocycles. The third-order valence-corrected chi connectivity index (χ3v) is 3.12. The second-order valence-electron chi connectivity index (χ2n) is 4.50. The Morgan fingerprint density at radius 3 is 2.85 bits per heavy atom. The summed E-state index contributed by atoms with van der Waals surface area (Å²) in [6.07, 6.45) is 4.34. The molecule has 2 heterocycles. The largest absolute Gasteiger partial charge is 0.494 e. The zero-order chi connectivity index (χ0) is 13.8. The molecule has 0 unspecified atom stereocenters. The molecule has 0 spiro atoms. The van der Waals surface area contributed by atoms with E-state index >= 15 is 0 Å². The van der Waals surface area contributed by atoms with E-state index in [4.69, 9.17) is 10.5 Å². The molecule has 5 nitrogen and oxygen atoms in total. The van der Waals surface area contributed by atoms with Gasteiger partial charge in [0.15, 0.2) is 0 Å². The number of aryl methyl sites for hydroxylation is 1. The van der Waals surface area contributed by atoms with Gasteiger partial charge in [0.05, 0.1) is 18.3 Å². The number of fused-ring (bicyclic) bond motifs is 1. The summed E-state index contributed by atoms with van der Waals surface area (Å²) in [5.41, 5.74) is 7.77. The smallest absolute Gasteiger partial charge is 0.201 e. The Bertz CT molecular complexity index is 693. The van der Waals surface area contributed by atoms with Crippen molar-refractivity contribution in [2.24, 2.45) is 0 Å². The lowest BCUT2D eigenvalue weighted by Gasteiger charge is -2.08. The molecule has 3 rings (SSSR count). The van der Waals surface area contributed by atoms with Gasteiger partial charge in [-0.25, -0.2) is 4.98 Å². The Kier molecular flexibility index (Phi) is 3.50. The third kappa shape index (κ3) is 2.56. The normalized spacial score (nSPS) is 10.8. The maximum atomic E-state index is 5.93. The van der Waals surface area contributed by atoms with Crippen molar-refractivity contribution in [3.63, 3.8) is 0 Å². The SMILES string of the molecule is Nc1nc2cnccc2n1CCCOc1ccccc1. The highest BCUT2D eigenvalue weighted by Crippen LogP contribution is 2.17. The molecule has 2 aromatic heterocycles. The number of ether oxygens (including phenoxy) is 1. The second-order valence-corrected chi connectivity index (χ2v) is 4.50. The number of anilines is 1. The first-order valence-electron chi connectivity index (χ1n) is 6.58. The zero-order valence-electron chi connectivity index (χ0n) is 11.1. The van der Waals surface area contributed by atoms with Crippen LogP contribution in [0.2, 0.25) is 0 Å². The first-order valence-corrected chi connectivity index (χ1v) is 6.58. The number of para-hydroxylation sites is 1. The Morgan fingerprint density at radius 1 is 1.15 bits per heavy atom. The number of benzene rings is 1. The van der Waals surface area contributed by atoms with Crippen LogP contribution in [0.1, 0.15) is 6.42 Å². The van der Waals surface area contributed by atoms with E-state index in [2.05, 4.69) is 9.97 Å². The zero-order valence-corrected chi connectivity index (χ0v) is 11.1. The van der Waals surface area contributed by atoms with Gasteiger partial charge in [0.1, 0.15) is 11.3 Å². The molecule has 0 radical (unpaired) electrons. The van der Waals surface area contributed by atoms with Gasteiger partial charge in [-0.1, -0.05) is 18.2 Å². The fourth-order valence-corrected chi connectivity index (χ4v) is 2.16. The molecule has 0 bridgehead atoms. The van der Waals surface area contributed by atoms with E-state index in [-0.39, 0.29) is 0 Å². The highest BCUT2D eigenvalue weighted by molar-refractivity contribution is 5.76. The molecule has 5 heteroatoms. The minimum atomic E-state index is 0.521. The number of imidazole rings is 1. The van der Waals surface area contributed by atoms with Crippen LogP contribution in [0.3, 0.4) is 0 Å². The quantitative estimate of drug-likeness (QED) is 0.722. The molecule has 102 valence electrons. The van der Waals surface area contributed by atoms with Crippen LogP contribution < -0.4 is 10.5 Å². The van der Waals surface area contributed by atoms with Gasteiger partial charge in [-0.3, -0.25) is 4.98 Å². The van der Waals surface area contributed by atoms with Gasteiger partial charge in [0.2, 0.25) is 5.95 Å². The summed E-state index contributed by atoms with van der Waals surface area (Å²) in [6, 6.07) is 11.7. The minimum Gasteiger partial charge on any atom is -0.494 e. The van der Waals surface area contributed by atoms with E-state index < -0.39 is 0 Å². The van der Waals surface area contributed by atoms with Crippen molar-refractivity contribution in [1.82, 2.24) is 14.5 Å². The van der Waals surface area contributed by atoms with Crippen molar-refractivity contribution in [3.8, 4) is 5.75 Å². The van der Waals surface area contributed by atoms with E-state index in [1.54, 1.807) is 12.4 Å². The fourth-order valence-electron chi connectivity index (χ4n) is 2.16. The Labute approximate surface area is 117 Å². The molecular formula is C15H16N4O. The average Bonchev–Trinajstić information content (AvgIpc) is 2.80. The van der Waals surface area contributed by atoms with Crippen molar-refractivity contribution in [3.05, 3.63) is 48.8 Å². The Hall–Kier alpha value is -2.56. The lowest BCUT2D eigenvalue weighted by atomic mass is 10.3. The molecule has 3 aromatic rings. The first-order chi connectivity index (χ1) is 9.84. The van der Waals surface area contributed by atoms with Crippen LogP contribution in [-0.2, 0) is 6.54 Å². The molecule has 2 N–H and O–H groups in total. The lowest BCUT2D eigenvalue weighted by molar-refractivity contribution is 0.303. The van der Waals surface area contributed by atoms with Gasteiger partial charge in [0, 0.05) is 12.7 Å². The molecule has 0 atom stereocenters. The van der Waals surface area contributed by atoms with Crippen LogP contribution in [-0.4, -0.2) is 21.1 Å². The number of nitrogens with zero attached hydrogens (tertiary/aromatic N) is 3. The Morgan fingerprint density at radius 2 is 2.00 bits per heavy atom. The number of pyridine rings is 1. The van der Waals surface area contributed by atoms with Crippen molar-refractivity contribution in [2.75, 3.05) is 12.3 Å². The first kappa shape index (κ1) is 12.5. The summed E-state index contributed by atoms with van der Waals surface area (Å²) in [5, 5.41) is 0. The third-order valence-electron chi connectivity index (χ3n) is 3.12. The summed E-state index contributed by atoms with van der Waals surface area (Å²) >= 11 is 0. The number of nitrogens with two attached hydrogens (primary N) is 1.